The lowest BCUT2D eigenvalue weighted by molar-refractivity contribution is -0.389. The van der Waals surface area contributed by atoms with Gasteiger partial charge in [0.15, 0.2) is 6.20 Å². The number of halogens is 2. The van der Waals surface area contributed by atoms with Gasteiger partial charge in [-0.1, -0.05) is 29.3 Å². The molecule has 0 saturated carbocycles. The molecule has 0 saturated heterocycles. The topological polar surface area (TPSA) is 68.1 Å². The molecule has 0 aliphatic heterocycles. The molecule has 0 spiro atoms. The molecular formula is C13H11Cl2N3O2. The second-order valence-corrected chi connectivity index (χ2v) is 4.92. The van der Waals surface area contributed by atoms with Crippen LogP contribution in [0.15, 0.2) is 36.5 Å². The molecule has 1 heterocycles. The summed E-state index contributed by atoms with van der Waals surface area (Å²) >= 11 is 11.9. The highest BCUT2D eigenvalue weighted by Crippen LogP contribution is 2.21. The van der Waals surface area contributed by atoms with E-state index in [9.17, 15) is 10.1 Å². The molecule has 0 radical (unpaired) electrons. The van der Waals surface area contributed by atoms with Crippen molar-refractivity contribution in [1.29, 1.82) is 0 Å². The molecule has 2 aromatic rings. The Hall–Kier alpha value is -1.85. The lowest BCUT2D eigenvalue weighted by Crippen LogP contribution is -2.05. The van der Waals surface area contributed by atoms with Gasteiger partial charge in [-0.2, -0.15) is 0 Å². The van der Waals surface area contributed by atoms with Crippen molar-refractivity contribution in [2.45, 2.75) is 6.42 Å². The van der Waals surface area contributed by atoms with Crippen LogP contribution in [-0.4, -0.2) is 16.5 Å². The molecule has 0 aliphatic rings. The normalized spacial score (nSPS) is 10.3. The lowest BCUT2D eigenvalue weighted by atomic mass is 10.1. The Bertz CT molecular complexity index is 618. The standard InChI is InChI=1S/C13H11Cl2N3O2/c14-10-2-1-9(12(15)7-10)5-6-16-11-3-4-13(17-8-11)18(19)20/h1-4,7-8,16H,5-6H2. The Morgan fingerprint density at radius 1 is 1.25 bits per heavy atom. The molecular weight excluding hydrogens is 301 g/mol. The third kappa shape index (κ3) is 3.82. The summed E-state index contributed by atoms with van der Waals surface area (Å²) in [4.78, 5) is 13.7. The first-order chi connectivity index (χ1) is 9.56. The van der Waals surface area contributed by atoms with Crippen molar-refractivity contribution >= 4 is 34.7 Å². The van der Waals surface area contributed by atoms with E-state index in [1.54, 1.807) is 18.2 Å². The molecule has 0 fully saturated rings. The lowest BCUT2D eigenvalue weighted by Gasteiger charge is -2.06. The molecule has 2 rings (SSSR count). The average molecular weight is 312 g/mol. The van der Waals surface area contributed by atoms with Gasteiger partial charge in [-0.15, -0.1) is 0 Å². The molecule has 0 atom stereocenters. The summed E-state index contributed by atoms with van der Waals surface area (Å²) in [6.45, 7) is 0.640. The van der Waals surface area contributed by atoms with Crippen molar-refractivity contribution in [2.24, 2.45) is 0 Å². The minimum atomic E-state index is -0.530. The second-order valence-electron chi connectivity index (χ2n) is 4.07. The fourth-order valence-electron chi connectivity index (χ4n) is 1.66. The number of rotatable bonds is 5. The first kappa shape index (κ1) is 14.6. The van der Waals surface area contributed by atoms with Crippen LogP contribution in [-0.2, 0) is 6.42 Å². The van der Waals surface area contributed by atoms with Gasteiger partial charge in [-0.05, 0) is 40.1 Å². The first-order valence-electron chi connectivity index (χ1n) is 5.84. The van der Waals surface area contributed by atoms with Crippen LogP contribution in [0.3, 0.4) is 0 Å². The largest absolute Gasteiger partial charge is 0.382 e. The molecule has 7 heteroatoms. The van der Waals surface area contributed by atoms with Crippen molar-refractivity contribution in [3.05, 3.63) is 62.3 Å². The zero-order chi connectivity index (χ0) is 14.5. The van der Waals surface area contributed by atoms with Gasteiger partial charge in [-0.25, -0.2) is 0 Å². The number of pyridine rings is 1. The smallest absolute Gasteiger partial charge is 0.363 e. The van der Waals surface area contributed by atoms with E-state index in [1.165, 1.54) is 12.3 Å². The minimum absolute atomic E-state index is 0.170. The summed E-state index contributed by atoms with van der Waals surface area (Å²) in [5, 5.41) is 14.8. The Kier molecular flexibility index (Phi) is 4.76. The van der Waals surface area contributed by atoms with Gasteiger partial charge >= 0.3 is 5.82 Å². The predicted molar refractivity (Wildman–Crippen MR) is 79.5 cm³/mol. The SMILES string of the molecule is O=[N+]([O-])c1ccc(NCCc2ccc(Cl)cc2Cl)cn1. The number of nitrogens with one attached hydrogen (secondary N) is 1. The van der Waals surface area contributed by atoms with E-state index in [-0.39, 0.29) is 5.82 Å². The van der Waals surface area contributed by atoms with Crippen LogP contribution in [0.25, 0.3) is 0 Å². The van der Waals surface area contributed by atoms with Gasteiger partial charge in [0.25, 0.3) is 0 Å². The molecule has 1 aromatic carbocycles. The highest BCUT2D eigenvalue weighted by atomic mass is 35.5. The maximum absolute atomic E-state index is 10.5. The van der Waals surface area contributed by atoms with Crippen molar-refractivity contribution in [2.75, 3.05) is 11.9 Å². The highest BCUT2D eigenvalue weighted by molar-refractivity contribution is 6.35. The molecule has 104 valence electrons. The van der Waals surface area contributed by atoms with Gasteiger partial charge < -0.3 is 15.4 Å². The van der Waals surface area contributed by atoms with Gasteiger partial charge in [0, 0.05) is 22.7 Å². The Morgan fingerprint density at radius 3 is 2.65 bits per heavy atom. The second kappa shape index (κ2) is 6.54. The quantitative estimate of drug-likeness (QED) is 0.670. The number of hydrogen-bond acceptors (Lipinski definition) is 4. The number of aromatic nitrogens is 1. The first-order valence-corrected chi connectivity index (χ1v) is 6.60. The van der Waals surface area contributed by atoms with E-state index < -0.39 is 4.92 Å². The van der Waals surface area contributed by atoms with Crippen molar-refractivity contribution in [3.8, 4) is 0 Å². The summed E-state index contributed by atoms with van der Waals surface area (Å²) in [6.07, 6.45) is 2.15. The maximum Gasteiger partial charge on any atom is 0.363 e. The van der Waals surface area contributed by atoms with Crippen molar-refractivity contribution < 1.29 is 4.92 Å². The van der Waals surface area contributed by atoms with E-state index in [0.717, 1.165) is 11.3 Å². The Labute approximate surface area is 125 Å². The van der Waals surface area contributed by atoms with Gasteiger partial charge in [0.1, 0.15) is 0 Å². The van der Waals surface area contributed by atoms with Crippen LogP contribution in [0.1, 0.15) is 5.56 Å². The van der Waals surface area contributed by atoms with E-state index >= 15 is 0 Å². The van der Waals surface area contributed by atoms with Gasteiger partial charge in [0.05, 0.1) is 5.69 Å². The van der Waals surface area contributed by atoms with Crippen LogP contribution in [0.2, 0.25) is 10.0 Å². The predicted octanol–water partition coefficient (Wildman–Crippen LogP) is 3.95. The Balaban J connectivity index is 1.91. The molecule has 1 aromatic heterocycles. The van der Waals surface area contributed by atoms with Crippen molar-refractivity contribution in [3.63, 3.8) is 0 Å². The molecule has 0 aliphatic carbocycles. The number of hydrogen-bond donors (Lipinski definition) is 1. The monoisotopic (exact) mass is 311 g/mol. The maximum atomic E-state index is 10.5. The van der Waals surface area contributed by atoms with Crippen LogP contribution in [0, 0.1) is 10.1 Å². The van der Waals surface area contributed by atoms with E-state index in [4.69, 9.17) is 23.2 Å². The number of nitro groups is 1. The highest BCUT2D eigenvalue weighted by Gasteiger charge is 2.06. The number of anilines is 1. The van der Waals surface area contributed by atoms with Gasteiger partial charge in [-0.3, -0.25) is 0 Å². The average Bonchev–Trinajstić information content (AvgIpc) is 2.42. The fourth-order valence-corrected chi connectivity index (χ4v) is 2.17. The van der Waals surface area contributed by atoms with E-state index in [0.29, 0.717) is 23.0 Å². The van der Waals surface area contributed by atoms with E-state index in [1.807, 2.05) is 6.07 Å². The molecule has 0 unspecified atom stereocenters. The molecule has 1 N–H and O–H groups in total. The number of nitrogens with zero attached hydrogens (tertiary/aromatic N) is 2. The zero-order valence-corrected chi connectivity index (χ0v) is 11.9. The van der Waals surface area contributed by atoms with Crippen molar-refractivity contribution in [1.82, 2.24) is 4.98 Å². The summed E-state index contributed by atoms with van der Waals surface area (Å²) in [5.41, 5.74) is 1.71. The summed E-state index contributed by atoms with van der Waals surface area (Å²) < 4.78 is 0. The number of benzene rings is 1. The van der Waals surface area contributed by atoms with Crippen LogP contribution >= 0.6 is 23.2 Å². The summed E-state index contributed by atoms with van der Waals surface area (Å²) in [5.74, 6) is -0.170. The summed E-state index contributed by atoms with van der Waals surface area (Å²) in [7, 11) is 0. The molecule has 20 heavy (non-hydrogen) atoms. The molecule has 0 amide bonds. The van der Waals surface area contributed by atoms with E-state index in [2.05, 4.69) is 10.3 Å². The Morgan fingerprint density at radius 2 is 2.05 bits per heavy atom. The van der Waals surface area contributed by atoms with Crippen LogP contribution < -0.4 is 5.32 Å². The van der Waals surface area contributed by atoms with Crippen LogP contribution in [0.5, 0.6) is 0 Å². The summed E-state index contributed by atoms with van der Waals surface area (Å²) in [6, 6.07) is 8.34. The fraction of sp³-hybridized carbons (Fsp3) is 0.154. The molecule has 5 nitrogen and oxygen atoms in total. The van der Waals surface area contributed by atoms with Gasteiger partial charge in [0.2, 0.25) is 0 Å². The zero-order valence-electron chi connectivity index (χ0n) is 10.3. The molecule has 0 bridgehead atoms. The third-order valence-electron chi connectivity index (χ3n) is 2.67. The minimum Gasteiger partial charge on any atom is -0.382 e. The van der Waals surface area contributed by atoms with Crippen LogP contribution in [0.4, 0.5) is 11.5 Å². The third-order valence-corrected chi connectivity index (χ3v) is 3.26.